The fourth-order valence-electron chi connectivity index (χ4n) is 0. The Labute approximate surface area is 180 Å². The largest absolute Gasteiger partial charge is 0.543 e. The van der Waals surface area contributed by atoms with Crippen LogP contribution in [0.2, 0.25) is 0 Å². The smallest absolute Gasteiger partial charge is 0.0870 e. The molecule has 2 radical (unpaired) electrons. The summed E-state index contributed by atoms with van der Waals surface area (Å²) in [5.74, 6) is -13.1. The predicted molar refractivity (Wildman–Crippen MR) is 30.0 cm³/mol. The maximum Gasteiger partial charge on any atom is 0.0870 e. The van der Waals surface area contributed by atoms with Crippen LogP contribution in [0, 0.1) is 88.1 Å². The Morgan fingerprint density at radius 2 is 0.400 bits per heavy atom. The maximum atomic E-state index is 8.93. The molecular weight excluding hydrogens is 718 g/mol. The summed E-state index contributed by atoms with van der Waals surface area (Å²) in [6.07, 6.45) is 0. The molecule has 14 heteroatoms. The molecule has 0 aliphatic heterocycles. The Kier molecular flexibility index (Phi) is 29.8. The molecule has 0 aromatic carbocycles. The number of carbonyl (C=O) groups excluding carboxylic acids is 6. The van der Waals surface area contributed by atoms with Gasteiger partial charge in [0, 0.05) is 88.1 Å². The Balaban J connectivity index is -0.0000000536. The zero-order valence-electron chi connectivity index (χ0n) is 9.05. The van der Waals surface area contributed by atoms with Crippen LogP contribution in [0.4, 0.5) is 0 Å². The van der Waals surface area contributed by atoms with E-state index in [9.17, 15) is 0 Å². The van der Waals surface area contributed by atoms with Gasteiger partial charge in [-0.2, -0.15) is 0 Å². The number of hydrogen-bond donors (Lipinski definition) is 0. The molecule has 0 amide bonds. The van der Waals surface area contributed by atoms with Crippen molar-refractivity contribution in [2.45, 2.75) is 0 Å². The van der Waals surface area contributed by atoms with Crippen LogP contribution in [0.1, 0.15) is 0 Å². The Morgan fingerprint density at radius 1 is 0.350 bits per heavy atom. The van der Waals surface area contributed by atoms with E-state index in [1.54, 1.807) is 0 Å². The number of aliphatic carboxylic acids is 6. The van der Waals surface area contributed by atoms with Crippen molar-refractivity contribution in [1.82, 2.24) is 0 Å². The van der Waals surface area contributed by atoms with Crippen molar-refractivity contribution in [1.29, 1.82) is 0 Å². The van der Waals surface area contributed by atoms with Gasteiger partial charge in [0.05, 0.1) is 35.8 Å². The second kappa shape index (κ2) is 18.7. The van der Waals surface area contributed by atoms with Gasteiger partial charge in [0.2, 0.25) is 0 Å². The van der Waals surface area contributed by atoms with E-state index in [0.29, 0.717) is 0 Å². The zero-order valence-corrected chi connectivity index (χ0v) is 18.5. The van der Waals surface area contributed by atoms with E-state index < -0.39 is 35.8 Å². The van der Waals surface area contributed by atoms with Crippen LogP contribution in [0.15, 0.2) is 0 Å². The topological polar surface area (TPSA) is 241 Å². The molecule has 20 heavy (non-hydrogen) atoms. The third-order valence-corrected chi connectivity index (χ3v) is 0.500. The summed E-state index contributed by atoms with van der Waals surface area (Å²) < 4.78 is 0. The van der Waals surface area contributed by atoms with E-state index in [1.165, 1.54) is 0 Å². The predicted octanol–water partition coefficient (Wildman–Crippen LogP) is -10.5. The van der Waals surface area contributed by atoms with Crippen molar-refractivity contribution in [2.24, 2.45) is 0 Å². The van der Waals surface area contributed by atoms with E-state index in [1.807, 2.05) is 0 Å². The summed E-state index contributed by atoms with van der Waals surface area (Å²) in [7, 11) is 0. The Morgan fingerprint density at radius 3 is 0.400 bits per heavy atom. The second-order valence-electron chi connectivity index (χ2n) is 1.72. The fraction of sp³-hybridized carbons (Fsp3) is 0. The summed E-state index contributed by atoms with van der Waals surface area (Å²) in [5.41, 5.74) is 0. The van der Waals surface area contributed by atoms with E-state index in [0.717, 1.165) is 0 Å². The summed E-state index contributed by atoms with van der Waals surface area (Å²) in [6, 6.07) is 0. The first kappa shape index (κ1) is 31.9. The first-order valence-electron chi connectivity index (χ1n) is 3.20. The molecule has 0 saturated carbocycles. The minimum atomic E-state index is -2.19. The van der Waals surface area contributed by atoms with Gasteiger partial charge in [0.15, 0.2) is 0 Å². The summed E-state index contributed by atoms with van der Waals surface area (Å²) in [4.78, 5) is 53.6. The molecule has 108 valence electrons. The van der Waals surface area contributed by atoms with Crippen LogP contribution in [-0.4, -0.2) is 35.8 Å². The number of carbonyl (C=O) groups is 6. The normalized spacial score (nSPS) is 6.60. The molecule has 0 heterocycles. The molecule has 0 N–H and O–H groups in total. The number of carboxylic acid groups (broad SMARTS) is 6. The minimum Gasteiger partial charge on any atom is -0.543 e. The van der Waals surface area contributed by atoms with Crippen LogP contribution >= 0.6 is 0 Å². The summed E-state index contributed by atoms with van der Waals surface area (Å²) in [6.45, 7) is 0. The molecule has 0 aliphatic carbocycles. The van der Waals surface area contributed by atoms with Gasteiger partial charge in [-0.1, -0.05) is 0 Å². The van der Waals surface area contributed by atoms with E-state index >= 15 is 0 Å². The van der Waals surface area contributed by atoms with Gasteiger partial charge in [-0.15, -0.1) is 0 Å². The van der Waals surface area contributed by atoms with E-state index in [-0.39, 0.29) is 88.1 Å². The molecule has 0 unspecified atom stereocenters. The first-order valence-corrected chi connectivity index (χ1v) is 3.20. The Bertz CT molecular complexity index is 281. The molecule has 0 saturated heterocycles. The summed E-state index contributed by atoms with van der Waals surface area (Å²) >= 11 is 0. The van der Waals surface area contributed by atoms with Gasteiger partial charge >= 0.3 is 0 Å². The van der Waals surface area contributed by atoms with Gasteiger partial charge in [0.1, 0.15) is 0 Å². The standard InChI is InChI=1S/3C2H2O4.2Ac/c3*3-1(4)2(5)6;;/h3*(H,3,4)(H,5,6);;/p-6. The molecule has 0 aromatic heterocycles. The van der Waals surface area contributed by atoms with Gasteiger partial charge in [-0.3, -0.25) is 0 Å². The molecule has 12 nitrogen and oxygen atoms in total. The molecule has 0 atom stereocenters. The molecule has 0 fully saturated rings. The summed E-state index contributed by atoms with van der Waals surface area (Å²) in [5, 5.41) is 53.6. The van der Waals surface area contributed by atoms with Crippen LogP contribution in [-0.2, 0) is 28.8 Å². The van der Waals surface area contributed by atoms with Crippen molar-refractivity contribution in [2.75, 3.05) is 0 Å². The number of hydrogen-bond acceptors (Lipinski definition) is 12. The van der Waals surface area contributed by atoms with Gasteiger partial charge in [0.25, 0.3) is 0 Å². The molecule has 0 aromatic rings. The monoisotopic (exact) mass is 718 g/mol. The Hall–Kier alpha value is -0.297. The van der Waals surface area contributed by atoms with E-state index in [2.05, 4.69) is 0 Å². The third kappa shape index (κ3) is 36.1. The number of rotatable bonds is 0. The van der Waals surface area contributed by atoms with Gasteiger partial charge in [-0.05, 0) is 0 Å². The van der Waals surface area contributed by atoms with Crippen molar-refractivity contribution >= 4 is 35.8 Å². The molecule has 0 aliphatic rings. The quantitative estimate of drug-likeness (QED) is 0.212. The molecule has 0 bridgehead atoms. The van der Waals surface area contributed by atoms with E-state index in [4.69, 9.17) is 59.4 Å². The average molecular weight is 718 g/mol. The van der Waals surface area contributed by atoms with Gasteiger partial charge < -0.3 is 59.4 Å². The average Bonchev–Trinajstić information content (AvgIpc) is 2.18. The number of carboxylic acids is 6. The van der Waals surface area contributed by atoms with Crippen molar-refractivity contribution in [3.8, 4) is 0 Å². The van der Waals surface area contributed by atoms with Crippen molar-refractivity contribution in [3.05, 3.63) is 0 Å². The van der Waals surface area contributed by atoms with Crippen LogP contribution in [0.5, 0.6) is 0 Å². The van der Waals surface area contributed by atoms with Crippen LogP contribution in [0.3, 0.4) is 0 Å². The molecule has 0 rings (SSSR count). The molecule has 0 spiro atoms. The maximum absolute atomic E-state index is 8.93. The minimum absolute atomic E-state index is 0. The van der Waals surface area contributed by atoms with Gasteiger partial charge in [-0.25, -0.2) is 0 Å². The SMILES string of the molecule is O=C([O-])C(=O)[O-].O=C([O-])C(=O)[O-].O=C([O-])C(=O)[O-].[Ac].[Ac]. The van der Waals surface area contributed by atoms with Crippen molar-refractivity contribution < 1.29 is 148 Å². The fourth-order valence-corrected chi connectivity index (χ4v) is 0. The van der Waals surface area contributed by atoms with Crippen LogP contribution in [0.25, 0.3) is 0 Å². The third-order valence-electron chi connectivity index (χ3n) is 0.500. The second-order valence-corrected chi connectivity index (χ2v) is 1.72. The first-order chi connectivity index (χ1) is 7.93. The van der Waals surface area contributed by atoms with Crippen molar-refractivity contribution in [3.63, 3.8) is 0 Å². The van der Waals surface area contributed by atoms with Crippen LogP contribution < -0.4 is 30.6 Å². The molecular formula is C6Ac2O12-6. The zero-order chi connectivity index (χ0) is 15.5.